The van der Waals surface area contributed by atoms with Gasteiger partial charge in [-0.25, -0.2) is 0 Å². The van der Waals surface area contributed by atoms with Crippen LogP contribution in [0.2, 0.25) is 0 Å². The lowest BCUT2D eigenvalue weighted by Gasteiger charge is -2.71. The third kappa shape index (κ3) is 9.78. The summed E-state index contributed by atoms with van der Waals surface area (Å²) < 4.78 is 47.8. The molecule has 4 saturated heterocycles. The molecule has 0 spiro atoms. The molecule has 424 valence electrons. The fourth-order valence-corrected chi connectivity index (χ4v) is 15.7. The van der Waals surface area contributed by atoms with Crippen molar-refractivity contribution in [3.05, 3.63) is 0 Å². The Morgan fingerprint density at radius 1 is 0.548 bits per heavy atom. The van der Waals surface area contributed by atoms with Gasteiger partial charge in [0.1, 0.15) is 91.6 Å². The molecule has 0 radical (unpaired) electrons. The molecular weight excluding hydrogens is 973 g/mol. The van der Waals surface area contributed by atoms with E-state index in [1.54, 1.807) is 6.92 Å². The quantitative estimate of drug-likeness (QED) is 0.0725. The molecule has 73 heavy (non-hydrogen) atoms. The molecule has 8 fully saturated rings. The summed E-state index contributed by atoms with van der Waals surface area (Å²) in [5, 5.41) is 173. The maximum Gasteiger partial charge on any atom is 0.187 e. The lowest BCUT2D eigenvalue weighted by atomic mass is 9.35. The van der Waals surface area contributed by atoms with E-state index in [9.17, 15) is 81.7 Å². The fourth-order valence-electron chi connectivity index (χ4n) is 15.7. The van der Waals surface area contributed by atoms with Gasteiger partial charge in [0.15, 0.2) is 25.2 Å². The molecular formula is C49H84O24. The maximum absolute atomic E-state index is 12.6. The van der Waals surface area contributed by atoms with E-state index in [-0.39, 0.29) is 37.9 Å². The van der Waals surface area contributed by atoms with E-state index in [1.165, 1.54) is 0 Å². The minimum absolute atomic E-state index is 0.0432. The zero-order chi connectivity index (χ0) is 53.7. The number of rotatable bonds is 14. The van der Waals surface area contributed by atoms with Crippen molar-refractivity contribution in [1.82, 2.24) is 0 Å². The second-order valence-corrected chi connectivity index (χ2v) is 24.1. The first kappa shape index (κ1) is 58.2. The van der Waals surface area contributed by atoms with Crippen LogP contribution in [0, 0.1) is 45.3 Å². The van der Waals surface area contributed by atoms with Gasteiger partial charge in [0, 0.05) is 6.61 Å². The molecule has 0 aromatic carbocycles. The van der Waals surface area contributed by atoms with Crippen LogP contribution in [-0.4, -0.2) is 255 Å². The van der Waals surface area contributed by atoms with Crippen molar-refractivity contribution < 1.29 is 120 Å². The highest BCUT2D eigenvalue weighted by Crippen LogP contribution is 2.76. The molecule has 0 aromatic rings. The van der Waals surface area contributed by atoms with Gasteiger partial charge in [0.25, 0.3) is 0 Å². The average Bonchev–Trinajstić information content (AvgIpc) is 3.73. The molecule has 0 amide bonds. The van der Waals surface area contributed by atoms with E-state index in [0.29, 0.717) is 32.1 Å². The fraction of sp³-hybridized carbons (Fsp3) is 1.00. The number of hydrogen-bond donors (Lipinski definition) is 16. The number of fused-ring (bicyclic) bond motifs is 5. The van der Waals surface area contributed by atoms with Crippen molar-refractivity contribution in [1.29, 1.82) is 0 Å². The monoisotopic (exact) mass is 1060 g/mol. The molecule has 2 unspecified atom stereocenters. The Hall–Kier alpha value is -0.960. The minimum Gasteiger partial charge on any atom is -0.396 e. The van der Waals surface area contributed by atoms with Crippen LogP contribution in [-0.2, 0) is 37.9 Å². The molecule has 8 aliphatic rings. The Bertz CT molecular complexity index is 1850. The molecule has 0 bridgehead atoms. The lowest BCUT2D eigenvalue weighted by Crippen LogP contribution is -2.70. The molecule has 4 aliphatic heterocycles. The predicted octanol–water partition coefficient (Wildman–Crippen LogP) is -4.96. The first-order chi connectivity index (χ1) is 34.1. The summed E-state index contributed by atoms with van der Waals surface area (Å²) in [5.41, 5.74) is -3.73. The number of ether oxygens (including phenoxy) is 8. The predicted molar refractivity (Wildman–Crippen MR) is 245 cm³/mol. The standard InChI is InChI=1S/C49H84O24/c1-45(2)26-8-10-47(4)27(46(26,3)14-21(54)40(45)72-44-39(35(62)31(58)24(16-52)69-44)71-42-37(64)33(60)30(57)23(15-51)68-42)13-20(53)28-19(7-9-48(28,47)5)49(6,11-12-50)73-43-38(65)34(61)32(59)25(70-43)18-67-41-36(63)29(56)22(55)17-66-41/h19-44,50-65H,7-18H2,1-6H3/t19-,20+,21+,22+,23+,24+,25+,26?,27?,28-,29-,30+,31+,32+,33-,34-,35-,36+,37+,38+,39+,40-,41-,42-,43-,44-,46-,47+,48+,49-/m0/s1. The van der Waals surface area contributed by atoms with E-state index in [1.807, 2.05) is 13.8 Å². The molecule has 24 nitrogen and oxygen atoms in total. The summed E-state index contributed by atoms with van der Waals surface area (Å²) in [5.74, 6) is -1.14. The van der Waals surface area contributed by atoms with Gasteiger partial charge in [-0.05, 0) is 97.2 Å². The topological polar surface area (TPSA) is 398 Å². The minimum atomic E-state index is -1.87. The molecule has 30 atom stereocenters. The van der Waals surface area contributed by atoms with Crippen molar-refractivity contribution in [3.8, 4) is 0 Å². The van der Waals surface area contributed by atoms with Gasteiger partial charge in [-0.3, -0.25) is 0 Å². The van der Waals surface area contributed by atoms with Crippen LogP contribution in [0.1, 0.15) is 86.5 Å². The third-order valence-electron chi connectivity index (χ3n) is 19.9. The third-order valence-corrected chi connectivity index (χ3v) is 19.9. The Morgan fingerprint density at radius 3 is 1.74 bits per heavy atom. The highest BCUT2D eigenvalue weighted by atomic mass is 16.8. The van der Waals surface area contributed by atoms with Crippen molar-refractivity contribution in [3.63, 3.8) is 0 Å². The van der Waals surface area contributed by atoms with E-state index in [4.69, 9.17) is 37.9 Å². The number of aliphatic hydroxyl groups is 16. The van der Waals surface area contributed by atoms with Crippen LogP contribution in [0.5, 0.6) is 0 Å². The zero-order valence-electron chi connectivity index (χ0n) is 42.4. The largest absolute Gasteiger partial charge is 0.396 e. The average molecular weight is 1060 g/mol. The summed E-state index contributed by atoms with van der Waals surface area (Å²) in [6.45, 7) is 9.58. The van der Waals surface area contributed by atoms with Crippen LogP contribution < -0.4 is 0 Å². The summed E-state index contributed by atoms with van der Waals surface area (Å²) in [6.07, 6.45) is -30.7. The van der Waals surface area contributed by atoms with Crippen molar-refractivity contribution in [2.75, 3.05) is 33.0 Å². The molecule has 24 heteroatoms. The van der Waals surface area contributed by atoms with Crippen LogP contribution in [0.15, 0.2) is 0 Å². The van der Waals surface area contributed by atoms with Crippen LogP contribution in [0.3, 0.4) is 0 Å². The van der Waals surface area contributed by atoms with Gasteiger partial charge >= 0.3 is 0 Å². The van der Waals surface area contributed by atoms with Crippen molar-refractivity contribution in [2.45, 2.75) is 227 Å². The van der Waals surface area contributed by atoms with E-state index in [2.05, 4.69) is 20.8 Å². The Labute approximate surface area is 424 Å². The van der Waals surface area contributed by atoms with Gasteiger partial charge in [0.2, 0.25) is 0 Å². The molecule has 4 heterocycles. The second kappa shape index (κ2) is 21.6. The summed E-state index contributed by atoms with van der Waals surface area (Å²) in [4.78, 5) is 0. The Kier molecular flexibility index (Phi) is 17.2. The lowest BCUT2D eigenvalue weighted by molar-refractivity contribution is -0.383. The first-order valence-electron chi connectivity index (χ1n) is 26.0. The van der Waals surface area contributed by atoms with E-state index >= 15 is 0 Å². The van der Waals surface area contributed by atoms with Crippen LogP contribution >= 0.6 is 0 Å². The van der Waals surface area contributed by atoms with Gasteiger partial charge in [-0.15, -0.1) is 0 Å². The summed E-state index contributed by atoms with van der Waals surface area (Å²) >= 11 is 0. The van der Waals surface area contributed by atoms with Crippen LogP contribution in [0.4, 0.5) is 0 Å². The molecule has 8 rings (SSSR count). The number of hydrogen-bond acceptors (Lipinski definition) is 24. The smallest absolute Gasteiger partial charge is 0.187 e. The molecule has 16 N–H and O–H groups in total. The van der Waals surface area contributed by atoms with E-state index < -0.39 is 194 Å². The van der Waals surface area contributed by atoms with Crippen molar-refractivity contribution >= 4 is 0 Å². The van der Waals surface area contributed by atoms with Gasteiger partial charge in [0.05, 0.1) is 50.3 Å². The second-order valence-electron chi connectivity index (χ2n) is 24.1. The molecule has 4 aliphatic carbocycles. The van der Waals surface area contributed by atoms with Gasteiger partial charge in [-0.1, -0.05) is 34.6 Å². The summed E-state index contributed by atoms with van der Waals surface area (Å²) in [6, 6.07) is 0. The highest BCUT2D eigenvalue weighted by Gasteiger charge is 2.73. The van der Waals surface area contributed by atoms with E-state index in [0.717, 1.165) is 0 Å². The SMILES string of the molecule is CC1(C)C2CC[C@]3(C)C(C[C@@H](O)[C@@H]4[C@@H]([C@](C)(CCO)O[C@@H]5O[C@H](CO[C@@H]6OC[C@@H](O)[C@H](O)[C@H]6O)[C@@H](O)[C@H](O)[C@H]5O)CC[C@]43C)[C@@]2(C)C[C@@H](O)[C@@H]1O[C@@H]1O[C@H](CO)[C@@H](O)[C@H](O)[C@H]1O[C@@H]1O[C@H](CO)[C@@H](O)[C@H](O)[C@H]1O. The van der Waals surface area contributed by atoms with Crippen molar-refractivity contribution in [2.24, 2.45) is 45.3 Å². The Balaban J connectivity index is 1.00. The summed E-state index contributed by atoms with van der Waals surface area (Å²) in [7, 11) is 0. The number of aliphatic hydroxyl groups excluding tert-OH is 16. The van der Waals surface area contributed by atoms with Crippen LogP contribution in [0.25, 0.3) is 0 Å². The highest BCUT2D eigenvalue weighted by molar-refractivity contribution is 5.21. The van der Waals surface area contributed by atoms with Gasteiger partial charge in [-0.2, -0.15) is 0 Å². The normalized spacial score (nSPS) is 55.0. The first-order valence-corrected chi connectivity index (χ1v) is 26.0. The maximum atomic E-state index is 12.6. The molecule has 0 aromatic heterocycles. The Morgan fingerprint density at radius 2 is 1.11 bits per heavy atom. The zero-order valence-corrected chi connectivity index (χ0v) is 42.4. The van der Waals surface area contributed by atoms with Gasteiger partial charge < -0.3 is 120 Å². The molecule has 4 saturated carbocycles.